The van der Waals surface area contributed by atoms with Gasteiger partial charge in [-0.1, -0.05) is 48.0 Å². The minimum Gasteiger partial charge on any atom is -0.367 e. The number of hydrogen-bond acceptors (Lipinski definition) is 3. The fourth-order valence-corrected chi connectivity index (χ4v) is 5.15. The zero-order valence-corrected chi connectivity index (χ0v) is 20.2. The molecule has 184 valence electrons. The summed E-state index contributed by atoms with van der Waals surface area (Å²) in [6, 6.07) is 13.1. The van der Waals surface area contributed by atoms with E-state index in [-0.39, 0.29) is 18.5 Å². The van der Waals surface area contributed by atoms with Gasteiger partial charge in [0.2, 0.25) is 0 Å². The molecule has 2 saturated heterocycles. The van der Waals surface area contributed by atoms with Crippen LogP contribution in [-0.2, 0) is 5.41 Å². The van der Waals surface area contributed by atoms with Gasteiger partial charge in [-0.05, 0) is 38.0 Å². The maximum absolute atomic E-state index is 14.2. The zero-order chi connectivity index (χ0) is 24.5. The Kier molecular flexibility index (Phi) is 7.01. The standard InChI is InChI=1S/C25H30ClF3N4O/c1-18(2)31-13-15-32(16-14-31)21-10-6-9-20(26)22(21)30-23(34)33-12-11-24(17-33,25(27,28)29)19-7-4-3-5-8-19/h3-10,18H,11-17H2,1-2H3,(H,30,34)/t24-/m0/s1. The number of likely N-dealkylation sites (tertiary alicyclic amines) is 1. The van der Waals surface area contributed by atoms with Crippen molar-refractivity contribution in [1.29, 1.82) is 0 Å². The lowest BCUT2D eigenvalue weighted by atomic mass is 9.79. The number of alkyl halides is 3. The molecule has 9 heteroatoms. The maximum Gasteiger partial charge on any atom is 0.400 e. The van der Waals surface area contributed by atoms with Crippen molar-refractivity contribution in [2.24, 2.45) is 0 Å². The summed E-state index contributed by atoms with van der Waals surface area (Å²) < 4.78 is 42.7. The number of nitrogens with zero attached hydrogens (tertiary/aromatic N) is 3. The first-order valence-electron chi connectivity index (χ1n) is 11.6. The summed E-state index contributed by atoms with van der Waals surface area (Å²) in [7, 11) is 0. The van der Waals surface area contributed by atoms with Crippen LogP contribution in [0, 0.1) is 0 Å². The predicted octanol–water partition coefficient (Wildman–Crippen LogP) is 5.61. The number of urea groups is 1. The Morgan fingerprint density at radius 2 is 1.68 bits per heavy atom. The van der Waals surface area contributed by atoms with E-state index in [1.807, 2.05) is 12.1 Å². The van der Waals surface area contributed by atoms with Crippen LogP contribution in [0.5, 0.6) is 0 Å². The number of carbonyl (C=O) groups excluding carboxylic acids is 1. The highest BCUT2D eigenvalue weighted by molar-refractivity contribution is 6.34. The van der Waals surface area contributed by atoms with Crippen molar-refractivity contribution in [2.45, 2.75) is 37.9 Å². The number of hydrogen-bond donors (Lipinski definition) is 1. The van der Waals surface area contributed by atoms with Gasteiger partial charge in [0.05, 0.1) is 16.4 Å². The van der Waals surface area contributed by atoms with Crippen LogP contribution in [0.25, 0.3) is 0 Å². The lowest BCUT2D eigenvalue weighted by molar-refractivity contribution is -0.186. The highest BCUT2D eigenvalue weighted by Gasteiger charge is 2.59. The van der Waals surface area contributed by atoms with Crippen LogP contribution in [0.15, 0.2) is 48.5 Å². The molecule has 0 aromatic heterocycles. The normalized spacial score (nSPS) is 21.9. The van der Waals surface area contributed by atoms with E-state index in [1.54, 1.807) is 24.3 Å². The lowest BCUT2D eigenvalue weighted by Gasteiger charge is -2.39. The molecule has 2 aromatic carbocycles. The number of amides is 2. The van der Waals surface area contributed by atoms with Gasteiger partial charge in [-0.15, -0.1) is 0 Å². The first-order valence-corrected chi connectivity index (χ1v) is 12.0. The Balaban J connectivity index is 1.53. The number of rotatable bonds is 4. The molecular formula is C25H30ClF3N4O. The van der Waals surface area contributed by atoms with E-state index in [4.69, 9.17) is 11.6 Å². The van der Waals surface area contributed by atoms with Gasteiger partial charge in [-0.3, -0.25) is 4.90 Å². The SMILES string of the molecule is CC(C)N1CCN(c2cccc(Cl)c2NC(=O)N2CC[C@](c3ccccc3)(C(F)(F)F)C2)CC1. The van der Waals surface area contributed by atoms with Gasteiger partial charge in [0, 0.05) is 45.3 Å². The Hall–Kier alpha value is -2.45. The Bertz CT molecular complexity index is 1010. The van der Waals surface area contributed by atoms with Crippen LogP contribution in [0.3, 0.4) is 0 Å². The molecule has 34 heavy (non-hydrogen) atoms. The van der Waals surface area contributed by atoms with Crippen molar-refractivity contribution in [3.05, 3.63) is 59.1 Å². The van der Waals surface area contributed by atoms with E-state index in [2.05, 4.69) is 29.0 Å². The first kappa shape index (κ1) is 24.7. The van der Waals surface area contributed by atoms with Crippen LogP contribution < -0.4 is 10.2 Å². The van der Waals surface area contributed by atoms with Gasteiger partial charge >= 0.3 is 12.2 Å². The van der Waals surface area contributed by atoms with Gasteiger partial charge in [0.1, 0.15) is 5.41 Å². The number of carbonyl (C=O) groups is 1. The van der Waals surface area contributed by atoms with Gasteiger partial charge in [-0.2, -0.15) is 13.2 Å². The van der Waals surface area contributed by atoms with E-state index in [0.29, 0.717) is 16.8 Å². The molecule has 1 N–H and O–H groups in total. The van der Waals surface area contributed by atoms with E-state index in [0.717, 1.165) is 31.9 Å². The summed E-state index contributed by atoms with van der Waals surface area (Å²) in [6.07, 6.45) is -4.66. The summed E-state index contributed by atoms with van der Waals surface area (Å²) >= 11 is 6.45. The molecule has 4 rings (SSSR count). The molecule has 2 aliphatic heterocycles. The average molecular weight is 495 g/mol. The van der Waals surface area contributed by atoms with E-state index in [1.165, 1.54) is 17.0 Å². The van der Waals surface area contributed by atoms with Crippen molar-refractivity contribution < 1.29 is 18.0 Å². The Labute approximate surface area is 203 Å². The van der Waals surface area contributed by atoms with Crippen molar-refractivity contribution in [3.8, 4) is 0 Å². The molecule has 0 radical (unpaired) electrons. The number of para-hydroxylation sites is 1. The van der Waals surface area contributed by atoms with Gasteiger partial charge in [0.15, 0.2) is 0 Å². The minimum atomic E-state index is -4.48. The third-order valence-electron chi connectivity index (χ3n) is 7.03. The third-order valence-corrected chi connectivity index (χ3v) is 7.35. The molecule has 0 bridgehead atoms. The number of anilines is 2. The molecule has 2 aliphatic rings. The van der Waals surface area contributed by atoms with Crippen LogP contribution in [0.2, 0.25) is 5.02 Å². The molecule has 5 nitrogen and oxygen atoms in total. The molecule has 0 unspecified atom stereocenters. The maximum atomic E-state index is 14.2. The molecule has 2 aromatic rings. The third kappa shape index (κ3) is 4.70. The second-order valence-corrected chi connectivity index (χ2v) is 9.71. The van der Waals surface area contributed by atoms with Crippen molar-refractivity contribution in [3.63, 3.8) is 0 Å². The fourth-order valence-electron chi connectivity index (χ4n) is 4.94. The minimum absolute atomic E-state index is 0.00703. The Morgan fingerprint density at radius 3 is 2.29 bits per heavy atom. The van der Waals surface area contributed by atoms with E-state index < -0.39 is 24.2 Å². The number of piperazine rings is 1. The summed E-state index contributed by atoms with van der Waals surface area (Å²) in [5, 5.41) is 3.19. The number of halogens is 4. The van der Waals surface area contributed by atoms with Crippen LogP contribution in [-0.4, -0.2) is 67.3 Å². The molecule has 0 saturated carbocycles. The summed E-state index contributed by atoms with van der Waals surface area (Å²) in [6.45, 7) is 7.21. The predicted molar refractivity (Wildman–Crippen MR) is 130 cm³/mol. The van der Waals surface area contributed by atoms with E-state index in [9.17, 15) is 18.0 Å². The molecule has 2 amide bonds. The smallest absolute Gasteiger partial charge is 0.367 e. The molecule has 2 fully saturated rings. The largest absolute Gasteiger partial charge is 0.400 e. The molecule has 0 aliphatic carbocycles. The molecule has 0 spiro atoms. The molecule has 1 atom stereocenters. The molecular weight excluding hydrogens is 465 g/mol. The van der Waals surface area contributed by atoms with Crippen LogP contribution in [0.1, 0.15) is 25.8 Å². The van der Waals surface area contributed by atoms with E-state index >= 15 is 0 Å². The second kappa shape index (κ2) is 9.66. The van der Waals surface area contributed by atoms with Gasteiger partial charge in [-0.25, -0.2) is 4.79 Å². The topological polar surface area (TPSA) is 38.8 Å². The summed E-state index contributed by atoms with van der Waals surface area (Å²) in [4.78, 5) is 18.9. The summed E-state index contributed by atoms with van der Waals surface area (Å²) in [5.74, 6) is 0. The lowest BCUT2D eigenvalue weighted by Crippen LogP contribution is -2.49. The fraction of sp³-hybridized carbons (Fsp3) is 0.480. The van der Waals surface area contributed by atoms with Crippen molar-refractivity contribution in [1.82, 2.24) is 9.80 Å². The van der Waals surface area contributed by atoms with Gasteiger partial charge < -0.3 is 15.1 Å². The highest BCUT2D eigenvalue weighted by atomic mass is 35.5. The second-order valence-electron chi connectivity index (χ2n) is 9.30. The Morgan fingerprint density at radius 1 is 1.00 bits per heavy atom. The monoisotopic (exact) mass is 494 g/mol. The average Bonchev–Trinajstić information content (AvgIpc) is 3.28. The molecule has 2 heterocycles. The number of nitrogens with one attached hydrogen (secondary N) is 1. The van der Waals surface area contributed by atoms with Crippen LogP contribution in [0.4, 0.5) is 29.3 Å². The summed E-state index contributed by atoms with van der Waals surface area (Å²) in [5.41, 5.74) is -0.675. The number of benzene rings is 2. The quantitative estimate of drug-likeness (QED) is 0.600. The van der Waals surface area contributed by atoms with Gasteiger partial charge in [0.25, 0.3) is 0 Å². The van der Waals surface area contributed by atoms with Crippen molar-refractivity contribution >= 4 is 29.0 Å². The van der Waals surface area contributed by atoms with Crippen molar-refractivity contribution in [2.75, 3.05) is 49.5 Å². The highest BCUT2D eigenvalue weighted by Crippen LogP contribution is 2.47. The zero-order valence-electron chi connectivity index (χ0n) is 19.4. The first-order chi connectivity index (χ1) is 16.1. The van der Waals surface area contributed by atoms with Crippen LogP contribution >= 0.6 is 11.6 Å².